The highest BCUT2D eigenvalue weighted by Crippen LogP contribution is 2.35. The first kappa shape index (κ1) is 18.0. The highest BCUT2D eigenvalue weighted by atomic mass is 16.5. The molecule has 0 saturated carbocycles. The third kappa shape index (κ3) is 3.17. The minimum atomic E-state index is -0.376. The normalized spacial score (nSPS) is 11.3. The molecule has 26 heavy (non-hydrogen) atoms. The molecule has 5 heteroatoms. The van der Waals surface area contributed by atoms with Gasteiger partial charge in [-0.05, 0) is 39.0 Å². The van der Waals surface area contributed by atoms with Gasteiger partial charge in [-0.25, -0.2) is 4.79 Å². The quantitative estimate of drug-likeness (QED) is 0.628. The molecule has 136 valence electrons. The zero-order chi connectivity index (χ0) is 18.8. The van der Waals surface area contributed by atoms with Gasteiger partial charge in [0.05, 0.1) is 17.7 Å². The molecule has 0 fully saturated rings. The van der Waals surface area contributed by atoms with Crippen molar-refractivity contribution >= 4 is 33.7 Å². The molecule has 0 aliphatic rings. The number of hydrogen-bond donors (Lipinski definition) is 0. The lowest BCUT2D eigenvalue weighted by atomic mass is 10.0. The molecule has 1 heterocycles. The van der Waals surface area contributed by atoms with Crippen molar-refractivity contribution in [3.8, 4) is 0 Å². The third-order valence-electron chi connectivity index (χ3n) is 4.35. The smallest absolute Gasteiger partial charge is 0.338 e. The van der Waals surface area contributed by atoms with Crippen LogP contribution in [0.3, 0.4) is 0 Å². The maximum Gasteiger partial charge on any atom is 0.338 e. The van der Waals surface area contributed by atoms with E-state index in [1.54, 1.807) is 13.0 Å². The van der Waals surface area contributed by atoms with Gasteiger partial charge in [0.15, 0.2) is 0 Å². The van der Waals surface area contributed by atoms with Gasteiger partial charge in [-0.15, -0.1) is 0 Å². The van der Waals surface area contributed by atoms with E-state index in [1.807, 2.05) is 18.2 Å². The monoisotopic (exact) mass is 353 g/mol. The largest absolute Gasteiger partial charge is 0.462 e. The van der Waals surface area contributed by atoms with Crippen molar-refractivity contribution in [1.29, 1.82) is 0 Å². The number of para-hydroxylation sites is 1. The number of nitrogens with zero attached hydrogens (tertiary/aromatic N) is 1. The zero-order valence-electron chi connectivity index (χ0n) is 15.5. The number of esters is 2. The van der Waals surface area contributed by atoms with Gasteiger partial charge in [-0.1, -0.05) is 18.2 Å². The fraction of sp³-hybridized carbons (Fsp3) is 0.333. The van der Waals surface area contributed by atoms with Crippen LogP contribution < -0.4 is 0 Å². The number of carbonyl (C=O) groups is 2. The van der Waals surface area contributed by atoms with E-state index in [9.17, 15) is 9.59 Å². The molecule has 0 amide bonds. The Morgan fingerprint density at radius 3 is 2.46 bits per heavy atom. The Labute approximate surface area is 152 Å². The van der Waals surface area contributed by atoms with Crippen molar-refractivity contribution in [2.24, 2.45) is 0 Å². The number of rotatable bonds is 5. The van der Waals surface area contributed by atoms with E-state index >= 15 is 0 Å². The molecular weight excluding hydrogens is 330 g/mol. The molecule has 0 radical (unpaired) electrons. The minimum Gasteiger partial charge on any atom is -0.462 e. The Hall–Kier alpha value is -2.82. The van der Waals surface area contributed by atoms with E-state index in [-0.39, 0.29) is 24.6 Å². The van der Waals surface area contributed by atoms with Crippen LogP contribution in [0.4, 0.5) is 0 Å². The number of fused-ring (bicyclic) bond motifs is 3. The van der Waals surface area contributed by atoms with Crippen LogP contribution in [0.15, 0.2) is 36.4 Å². The van der Waals surface area contributed by atoms with Crippen molar-refractivity contribution in [3.05, 3.63) is 47.5 Å². The average molecular weight is 353 g/mol. The Kier molecular flexibility index (Phi) is 4.98. The molecule has 1 aromatic heterocycles. The summed E-state index contributed by atoms with van der Waals surface area (Å²) in [5, 5.41) is 2.08. The van der Waals surface area contributed by atoms with Crippen LogP contribution in [0.25, 0.3) is 21.8 Å². The fourth-order valence-corrected chi connectivity index (χ4v) is 3.39. The first-order valence-electron chi connectivity index (χ1n) is 8.80. The van der Waals surface area contributed by atoms with Crippen molar-refractivity contribution in [2.45, 2.75) is 40.3 Å². The molecule has 0 N–H and O–H groups in total. The summed E-state index contributed by atoms with van der Waals surface area (Å²) >= 11 is 0. The van der Waals surface area contributed by atoms with Gasteiger partial charge in [0.1, 0.15) is 6.61 Å². The van der Waals surface area contributed by atoms with E-state index in [2.05, 4.69) is 30.5 Å². The van der Waals surface area contributed by atoms with Crippen LogP contribution in [0.5, 0.6) is 0 Å². The first-order chi connectivity index (χ1) is 12.4. The molecule has 0 atom stereocenters. The van der Waals surface area contributed by atoms with Gasteiger partial charge in [0, 0.05) is 34.8 Å². The summed E-state index contributed by atoms with van der Waals surface area (Å²) in [6.45, 7) is 7.79. The average Bonchev–Trinajstić information content (AvgIpc) is 2.94. The van der Waals surface area contributed by atoms with Gasteiger partial charge >= 0.3 is 11.9 Å². The highest BCUT2D eigenvalue weighted by molar-refractivity contribution is 6.11. The second-order valence-corrected chi connectivity index (χ2v) is 6.51. The lowest BCUT2D eigenvalue weighted by Gasteiger charge is -2.13. The second kappa shape index (κ2) is 7.20. The van der Waals surface area contributed by atoms with Crippen LogP contribution in [0.2, 0.25) is 0 Å². The fourth-order valence-electron chi connectivity index (χ4n) is 3.39. The highest BCUT2D eigenvalue weighted by Gasteiger charge is 2.19. The molecule has 0 aliphatic heterocycles. The summed E-state index contributed by atoms with van der Waals surface area (Å²) < 4.78 is 12.6. The van der Waals surface area contributed by atoms with Gasteiger partial charge in [0.2, 0.25) is 0 Å². The minimum absolute atomic E-state index is 0.116. The number of benzene rings is 2. The third-order valence-corrected chi connectivity index (χ3v) is 4.35. The summed E-state index contributed by atoms with van der Waals surface area (Å²) in [7, 11) is 0. The predicted molar refractivity (Wildman–Crippen MR) is 101 cm³/mol. The first-order valence-corrected chi connectivity index (χ1v) is 8.80. The van der Waals surface area contributed by atoms with E-state index in [0.29, 0.717) is 12.2 Å². The van der Waals surface area contributed by atoms with E-state index < -0.39 is 0 Å². The molecule has 0 bridgehead atoms. The van der Waals surface area contributed by atoms with Gasteiger partial charge in [-0.2, -0.15) is 0 Å². The zero-order valence-corrected chi connectivity index (χ0v) is 15.5. The van der Waals surface area contributed by atoms with Crippen LogP contribution in [-0.4, -0.2) is 23.1 Å². The topological polar surface area (TPSA) is 57.5 Å². The van der Waals surface area contributed by atoms with Crippen LogP contribution >= 0.6 is 0 Å². The standard InChI is InChI=1S/C21H23NO4/c1-5-25-21(24)15-10-16(12-26-14(4)23)20-17-8-6-7-9-18(17)22(13(2)3)19(20)11-15/h6-11,13H,5,12H2,1-4H3. The Bertz CT molecular complexity index is 984. The molecule has 2 aromatic carbocycles. The number of hydrogen-bond acceptors (Lipinski definition) is 4. The number of aromatic nitrogens is 1. The molecule has 0 unspecified atom stereocenters. The summed E-state index contributed by atoms with van der Waals surface area (Å²) in [6.07, 6.45) is 0. The van der Waals surface area contributed by atoms with Crippen LogP contribution in [-0.2, 0) is 20.9 Å². The molecule has 0 aliphatic carbocycles. The lowest BCUT2D eigenvalue weighted by molar-refractivity contribution is -0.142. The van der Waals surface area contributed by atoms with Crippen molar-refractivity contribution in [1.82, 2.24) is 4.57 Å². The predicted octanol–water partition coefficient (Wildman–Crippen LogP) is 4.62. The lowest BCUT2D eigenvalue weighted by Crippen LogP contribution is -2.08. The Morgan fingerprint density at radius 2 is 1.81 bits per heavy atom. The van der Waals surface area contributed by atoms with Crippen molar-refractivity contribution < 1.29 is 19.1 Å². The number of ether oxygens (including phenoxy) is 2. The van der Waals surface area contributed by atoms with E-state index in [1.165, 1.54) is 6.92 Å². The molecule has 3 rings (SSSR count). The van der Waals surface area contributed by atoms with Gasteiger partial charge in [0.25, 0.3) is 0 Å². The van der Waals surface area contributed by atoms with Gasteiger partial charge < -0.3 is 14.0 Å². The second-order valence-electron chi connectivity index (χ2n) is 6.51. The van der Waals surface area contributed by atoms with Crippen molar-refractivity contribution in [2.75, 3.05) is 6.61 Å². The molecule has 0 spiro atoms. The molecule has 5 nitrogen and oxygen atoms in total. The summed E-state index contributed by atoms with van der Waals surface area (Å²) in [5.74, 6) is -0.730. The van der Waals surface area contributed by atoms with Crippen LogP contribution in [0, 0.1) is 0 Å². The van der Waals surface area contributed by atoms with E-state index in [0.717, 1.165) is 27.4 Å². The number of carbonyl (C=O) groups excluding carboxylic acids is 2. The Balaban J connectivity index is 2.35. The molecule has 0 saturated heterocycles. The molecular formula is C21H23NO4. The SMILES string of the molecule is CCOC(=O)c1cc(COC(C)=O)c2c3ccccc3n(C(C)C)c2c1. The maximum absolute atomic E-state index is 12.3. The van der Waals surface area contributed by atoms with Crippen molar-refractivity contribution in [3.63, 3.8) is 0 Å². The maximum atomic E-state index is 12.3. The summed E-state index contributed by atoms with van der Waals surface area (Å²) in [6, 6.07) is 11.9. The van der Waals surface area contributed by atoms with Crippen LogP contribution in [0.1, 0.15) is 49.7 Å². The summed E-state index contributed by atoms with van der Waals surface area (Å²) in [5.41, 5.74) is 3.29. The summed E-state index contributed by atoms with van der Waals surface area (Å²) in [4.78, 5) is 23.7. The van der Waals surface area contributed by atoms with E-state index in [4.69, 9.17) is 9.47 Å². The molecule has 3 aromatic rings. The Morgan fingerprint density at radius 1 is 1.08 bits per heavy atom. The van der Waals surface area contributed by atoms with Gasteiger partial charge in [-0.3, -0.25) is 4.79 Å².